The quantitative estimate of drug-likeness (QED) is 0.921. The molecule has 6 heteroatoms. The summed E-state index contributed by atoms with van der Waals surface area (Å²) in [5, 5.41) is 14.3. The van der Waals surface area contributed by atoms with Gasteiger partial charge >= 0.3 is 0 Å². The van der Waals surface area contributed by atoms with Crippen LogP contribution in [-0.4, -0.2) is 45.4 Å². The predicted octanol–water partition coefficient (Wildman–Crippen LogP) is 1.86. The summed E-state index contributed by atoms with van der Waals surface area (Å²) in [5.41, 5.74) is 0.553. The molecule has 2 atom stereocenters. The number of nitrogens with zero attached hydrogens (tertiary/aromatic N) is 3. The highest BCUT2D eigenvalue weighted by Crippen LogP contribution is 2.25. The molecule has 1 aromatic heterocycles. The Bertz CT molecular complexity index is 788. The number of para-hydroxylation sites is 1. The summed E-state index contributed by atoms with van der Waals surface area (Å²) in [7, 11) is 1.71. The highest BCUT2D eigenvalue weighted by atomic mass is 16.3. The molecule has 1 aromatic carbocycles. The summed E-state index contributed by atoms with van der Waals surface area (Å²) in [5.74, 6) is -0.148. The number of carbonyl (C=O) groups is 1. The summed E-state index contributed by atoms with van der Waals surface area (Å²) in [6, 6.07) is 11.8. The molecule has 0 saturated heterocycles. The molecule has 1 saturated carbocycles. The lowest BCUT2D eigenvalue weighted by atomic mass is 9.86. The number of aromatic nitrogens is 2. The number of hydrogen-bond donors (Lipinski definition) is 1. The topological polar surface area (TPSA) is 75.4 Å². The summed E-state index contributed by atoms with van der Waals surface area (Å²) < 4.78 is 1.23. The average Bonchev–Trinajstić information content (AvgIpc) is 2.64. The maximum Gasteiger partial charge on any atom is 0.274 e. The van der Waals surface area contributed by atoms with Crippen molar-refractivity contribution >= 4 is 5.91 Å². The van der Waals surface area contributed by atoms with E-state index in [2.05, 4.69) is 5.10 Å². The standard InChI is InChI=1S/C19H23N3O3/c1-21(13-14-7-5-6-10-17(14)23)19(25)16-11-12-18(24)22(20-16)15-8-3-2-4-9-15/h2-4,8-9,11-12,14,17,23H,5-7,10,13H2,1H3/t14-,17-/m1/s1. The number of aliphatic hydroxyl groups is 1. The summed E-state index contributed by atoms with van der Waals surface area (Å²) in [4.78, 5) is 26.3. The molecule has 1 amide bonds. The highest BCUT2D eigenvalue weighted by Gasteiger charge is 2.26. The van der Waals surface area contributed by atoms with Crippen molar-refractivity contribution < 1.29 is 9.90 Å². The van der Waals surface area contributed by atoms with E-state index < -0.39 is 0 Å². The lowest BCUT2D eigenvalue weighted by Gasteiger charge is -2.31. The SMILES string of the molecule is CN(C[C@H]1CCCC[C@H]1O)C(=O)c1ccc(=O)n(-c2ccccc2)n1. The Kier molecular flexibility index (Phi) is 5.28. The molecule has 2 aromatic rings. The molecular weight excluding hydrogens is 318 g/mol. The lowest BCUT2D eigenvalue weighted by molar-refractivity contribution is 0.0447. The first-order valence-corrected chi connectivity index (χ1v) is 8.65. The Labute approximate surface area is 146 Å². The van der Waals surface area contributed by atoms with E-state index in [9.17, 15) is 14.7 Å². The van der Waals surface area contributed by atoms with Crippen molar-refractivity contribution in [3.05, 3.63) is 58.5 Å². The van der Waals surface area contributed by atoms with Gasteiger partial charge in [0.15, 0.2) is 0 Å². The van der Waals surface area contributed by atoms with Gasteiger partial charge in [-0.05, 0) is 31.0 Å². The Morgan fingerprint density at radius 2 is 1.92 bits per heavy atom. The van der Waals surface area contributed by atoms with Crippen LogP contribution < -0.4 is 5.56 Å². The Morgan fingerprint density at radius 1 is 1.20 bits per heavy atom. The van der Waals surface area contributed by atoms with Crippen LogP contribution in [-0.2, 0) is 0 Å². The van der Waals surface area contributed by atoms with Crippen molar-refractivity contribution in [3.8, 4) is 5.69 Å². The third kappa shape index (κ3) is 3.96. The van der Waals surface area contributed by atoms with Crippen LogP contribution in [0, 0.1) is 5.92 Å². The molecule has 6 nitrogen and oxygen atoms in total. The third-order valence-electron chi connectivity index (χ3n) is 4.74. The van der Waals surface area contributed by atoms with Crippen LogP contribution in [0.15, 0.2) is 47.3 Å². The van der Waals surface area contributed by atoms with Crippen molar-refractivity contribution in [1.82, 2.24) is 14.7 Å². The molecule has 0 spiro atoms. The van der Waals surface area contributed by atoms with Crippen LogP contribution in [0.1, 0.15) is 36.2 Å². The summed E-state index contributed by atoms with van der Waals surface area (Å²) in [6.07, 6.45) is 3.49. The molecule has 1 N–H and O–H groups in total. The molecule has 3 rings (SSSR count). The number of hydrogen-bond acceptors (Lipinski definition) is 4. The fourth-order valence-electron chi connectivity index (χ4n) is 3.31. The van der Waals surface area contributed by atoms with E-state index in [1.54, 1.807) is 24.1 Å². The van der Waals surface area contributed by atoms with E-state index in [-0.39, 0.29) is 29.2 Å². The van der Waals surface area contributed by atoms with E-state index in [1.807, 2.05) is 18.2 Å². The molecule has 1 heterocycles. The van der Waals surface area contributed by atoms with Crippen molar-refractivity contribution in [1.29, 1.82) is 0 Å². The second-order valence-electron chi connectivity index (χ2n) is 6.60. The van der Waals surface area contributed by atoms with E-state index in [4.69, 9.17) is 0 Å². The van der Waals surface area contributed by atoms with E-state index in [0.29, 0.717) is 12.2 Å². The molecule has 0 aliphatic heterocycles. The van der Waals surface area contributed by atoms with Crippen molar-refractivity contribution in [2.45, 2.75) is 31.8 Å². The highest BCUT2D eigenvalue weighted by molar-refractivity contribution is 5.91. The molecule has 1 fully saturated rings. The molecule has 1 aliphatic rings. The molecule has 1 aliphatic carbocycles. The zero-order valence-electron chi connectivity index (χ0n) is 14.3. The fraction of sp³-hybridized carbons (Fsp3) is 0.421. The van der Waals surface area contributed by atoms with Gasteiger partial charge in [-0.15, -0.1) is 0 Å². The van der Waals surface area contributed by atoms with Gasteiger partial charge in [0.05, 0.1) is 11.8 Å². The van der Waals surface area contributed by atoms with E-state index in [0.717, 1.165) is 25.7 Å². The van der Waals surface area contributed by atoms with Gasteiger partial charge in [0.25, 0.3) is 11.5 Å². The predicted molar refractivity (Wildman–Crippen MR) is 94.8 cm³/mol. The van der Waals surface area contributed by atoms with Crippen LogP contribution >= 0.6 is 0 Å². The first-order valence-electron chi connectivity index (χ1n) is 8.65. The summed E-state index contributed by atoms with van der Waals surface area (Å²) in [6.45, 7) is 0.492. The number of benzene rings is 1. The molecule has 0 radical (unpaired) electrons. The minimum Gasteiger partial charge on any atom is -0.393 e. The van der Waals surface area contributed by atoms with Crippen LogP contribution in [0.2, 0.25) is 0 Å². The number of rotatable bonds is 4. The monoisotopic (exact) mass is 341 g/mol. The van der Waals surface area contributed by atoms with E-state index in [1.165, 1.54) is 16.8 Å². The van der Waals surface area contributed by atoms with Crippen LogP contribution in [0.25, 0.3) is 5.69 Å². The Balaban J connectivity index is 1.79. The van der Waals surface area contributed by atoms with Crippen LogP contribution in [0.3, 0.4) is 0 Å². The van der Waals surface area contributed by atoms with Crippen molar-refractivity contribution in [2.75, 3.05) is 13.6 Å². The normalized spacial score (nSPS) is 20.2. The van der Waals surface area contributed by atoms with Crippen LogP contribution in [0.4, 0.5) is 0 Å². The summed E-state index contributed by atoms with van der Waals surface area (Å²) >= 11 is 0. The van der Waals surface area contributed by atoms with Gasteiger partial charge in [0, 0.05) is 25.6 Å². The minimum atomic E-state index is -0.352. The van der Waals surface area contributed by atoms with Gasteiger partial charge < -0.3 is 10.0 Å². The van der Waals surface area contributed by atoms with Gasteiger partial charge in [-0.3, -0.25) is 9.59 Å². The first kappa shape index (κ1) is 17.4. The second-order valence-corrected chi connectivity index (χ2v) is 6.60. The van der Waals surface area contributed by atoms with Gasteiger partial charge in [-0.2, -0.15) is 9.78 Å². The maximum atomic E-state index is 12.7. The number of amides is 1. The number of carbonyl (C=O) groups excluding carboxylic acids is 1. The Morgan fingerprint density at radius 3 is 2.64 bits per heavy atom. The van der Waals surface area contributed by atoms with Gasteiger partial charge in [0.2, 0.25) is 0 Å². The Hall–Kier alpha value is -2.47. The van der Waals surface area contributed by atoms with Gasteiger partial charge in [-0.25, -0.2) is 0 Å². The second kappa shape index (κ2) is 7.61. The molecule has 25 heavy (non-hydrogen) atoms. The lowest BCUT2D eigenvalue weighted by Crippen LogP contribution is -2.39. The average molecular weight is 341 g/mol. The van der Waals surface area contributed by atoms with Crippen molar-refractivity contribution in [2.24, 2.45) is 5.92 Å². The minimum absolute atomic E-state index is 0.0997. The van der Waals surface area contributed by atoms with Gasteiger partial charge in [-0.1, -0.05) is 31.0 Å². The largest absolute Gasteiger partial charge is 0.393 e. The van der Waals surface area contributed by atoms with Crippen LogP contribution in [0.5, 0.6) is 0 Å². The van der Waals surface area contributed by atoms with Crippen molar-refractivity contribution in [3.63, 3.8) is 0 Å². The maximum absolute atomic E-state index is 12.7. The molecule has 0 bridgehead atoms. The fourth-order valence-corrected chi connectivity index (χ4v) is 3.31. The number of aliphatic hydroxyl groups excluding tert-OH is 1. The molecule has 132 valence electrons. The molecular formula is C19H23N3O3. The van der Waals surface area contributed by atoms with Gasteiger partial charge in [0.1, 0.15) is 5.69 Å². The molecule has 0 unspecified atom stereocenters. The first-order chi connectivity index (χ1) is 12.1. The third-order valence-corrected chi connectivity index (χ3v) is 4.74. The smallest absolute Gasteiger partial charge is 0.274 e. The zero-order chi connectivity index (χ0) is 17.8. The van der Waals surface area contributed by atoms with E-state index >= 15 is 0 Å². The zero-order valence-corrected chi connectivity index (χ0v) is 14.3.